The van der Waals surface area contributed by atoms with Crippen molar-refractivity contribution in [1.82, 2.24) is 4.31 Å². The summed E-state index contributed by atoms with van der Waals surface area (Å²) in [4.78, 5) is 0. The Morgan fingerprint density at radius 2 is 2.29 bits per heavy atom. The second kappa shape index (κ2) is 6.17. The molecule has 0 atom stereocenters. The molecule has 1 N–H and O–H groups in total. The van der Waals surface area contributed by atoms with Crippen LogP contribution >= 0.6 is 11.3 Å². The van der Waals surface area contributed by atoms with Crippen molar-refractivity contribution in [2.24, 2.45) is 0 Å². The summed E-state index contributed by atoms with van der Waals surface area (Å²) in [6.07, 6.45) is 5.88. The quantitative estimate of drug-likeness (QED) is 0.794. The molecule has 1 heterocycles. The van der Waals surface area contributed by atoms with Crippen LogP contribution < -0.4 is 0 Å². The van der Waals surface area contributed by atoms with Gasteiger partial charge in [0.15, 0.2) is 0 Å². The summed E-state index contributed by atoms with van der Waals surface area (Å²) in [5.41, 5.74) is 0.603. The minimum absolute atomic E-state index is 0.0720. The van der Waals surface area contributed by atoms with E-state index in [4.69, 9.17) is 11.5 Å². The van der Waals surface area contributed by atoms with Gasteiger partial charge in [-0.05, 0) is 23.4 Å². The van der Waals surface area contributed by atoms with Gasteiger partial charge in [0.1, 0.15) is 4.21 Å². The van der Waals surface area contributed by atoms with Gasteiger partial charge in [0.2, 0.25) is 0 Å². The highest BCUT2D eigenvalue weighted by Crippen LogP contribution is 2.24. The molecule has 1 rings (SSSR count). The molecule has 0 spiro atoms. The van der Waals surface area contributed by atoms with Crippen LogP contribution in [0.3, 0.4) is 0 Å². The van der Waals surface area contributed by atoms with Gasteiger partial charge in [-0.25, -0.2) is 8.42 Å². The summed E-state index contributed by atoms with van der Waals surface area (Å²) >= 11 is 1.10. The number of aliphatic hydroxyl groups is 1. The number of hydrogen-bond acceptors (Lipinski definition) is 4. The highest BCUT2D eigenvalue weighted by Gasteiger charge is 2.24. The van der Waals surface area contributed by atoms with Gasteiger partial charge in [-0.2, -0.15) is 4.31 Å². The number of hydrogen-bond donors (Lipinski definition) is 1. The average Bonchev–Trinajstić information content (AvgIpc) is 2.78. The molecule has 0 saturated carbocycles. The van der Waals surface area contributed by atoms with Crippen LogP contribution in [0.15, 0.2) is 15.7 Å². The molecule has 0 aromatic carbocycles. The Bertz CT molecular complexity index is 499. The Labute approximate surface area is 106 Å². The van der Waals surface area contributed by atoms with E-state index in [2.05, 4.69) is 5.92 Å². The van der Waals surface area contributed by atoms with Crippen molar-refractivity contribution in [1.29, 1.82) is 0 Å². The van der Waals surface area contributed by atoms with Crippen molar-refractivity contribution >= 4 is 21.4 Å². The molecular weight excluding hydrogens is 258 g/mol. The molecule has 0 aliphatic carbocycles. The Kier molecular flexibility index (Phi) is 5.15. The minimum atomic E-state index is -3.52. The summed E-state index contributed by atoms with van der Waals surface area (Å²) in [6.45, 7) is 2.21. The van der Waals surface area contributed by atoms with Crippen LogP contribution in [-0.2, 0) is 16.6 Å². The van der Waals surface area contributed by atoms with Gasteiger partial charge in [-0.1, -0.05) is 12.8 Å². The molecule has 0 radical (unpaired) electrons. The SMILES string of the molecule is C#CCN(CCC)S(=O)(=O)c1cc(CO)cs1. The van der Waals surface area contributed by atoms with E-state index in [9.17, 15) is 8.42 Å². The fraction of sp³-hybridized carbons (Fsp3) is 0.455. The van der Waals surface area contributed by atoms with Gasteiger partial charge in [0.05, 0.1) is 13.2 Å². The Balaban J connectivity index is 3.03. The number of thiophene rings is 1. The van der Waals surface area contributed by atoms with E-state index in [0.717, 1.165) is 11.3 Å². The van der Waals surface area contributed by atoms with Crippen molar-refractivity contribution < 1.29 is 13.5 Å². The van der Waals surface area contributed by atoms with Crippen molar-refractivity contribution in [3.8, 4) is 12.3 Å². The summed E-state index contributed by atoms with van der Waals surface area (Å²) in [7, 11) is -3.52. The van der Waals surface area contributed by atoms with E-state index < -0.39 is 10.0 Å². The number of sulfonamides is 1. The van der Waals surface area contributed by atoms with E-state index in [1.54, 1.807) is 5.38 Å². The van der Waals surface area contributed by atoms with Gasteiger partial charge >= 0.3 is 0 Å². The van der Waals surface area contributed by atoms with Gasteiger partial charge in [-0.15, -0.1) is 17.8 Å². The first kappa shape index (κ1) is 14.2. The third-order valence-electron chi connectivity index (χ3n) is 2.15. The molecule has 4 nitrogen and oxygen atoms in total. The summed E-state index contributed by atoms with van der Waals surface area (Å²) in [5.74, 6) is 2.35. The van der Waals surface area contributed by atoms with Gasteiger partial charge in [0, 0.05) is 6.54 Å². The molecule has 0 unspecified atom stereocenters. The molecule has 94 valence electrons. The maximum Gasteiger partial charge on any atom is 0.253 e. The molecule has 17 heavy (non-hydrogen) atoms. The van der Waals surface area contributed by atoms with Gasteiger partial charge in [0.25, 0.3) is 10.0 Å². The molecule has 0 bridgehead atoms. The molecule has 0 aliphatic heterocycles. The Hall–Kier alpha value is -0.870. The lowest BCUT2D eigenvalue weighted by Crippen LogP contribution is -2.31. The molecule has 6 heteroatoms. The fourth-order valence-corrected chi connectivity index (χ4v) is 4.13. The van der Waals surface area contributed by atoms with Crippen molar-refractivity contribution in [2.45, 2.75) is 24.2 Å². The zero-order chi connectivity index (χ0) is 12.9. The van der Waals surface area contributed by atoms with E-state index in [1.165, 1.54) is 10.4 Å². The van der Waals surface area contributed by atoms with Crippen LogP contribution in [0.4, 0.5) is 0 Å². The smallest absolute Gasteiger partial charge is 0.253 e. The summed E-state index contributed by atoms with van der Waals surface area (Å²) in [5, 5.41) is 10.6. The van der Waals surface area contributed by atoms with Crippen LogP contribution in [0.5, 0.6) is 0 Å². The van der Waals surface area contributed by atoms with Crippen LogP contribution in [0, 0.1) is 12.3 Å². The van der Waals surface area contributed by atoms with Crippen LogP contribution in [-0.4, -0.2) is 30.9 Å². The zero-order valence-electron chi connectivity index (χ0n) is 9.59. The van der Waals surface area contributed by atoms with E-state index in [1.807, 2.05) is 6.92 Å². The maximum absolute atomic E-state index is 12.2. The molecule has 1 aromatic heterocycles. The largest absolute Gasteiger partial charge is 0.392 e. The predicted octanol–water partition coefficient (Wildman–Crippen LogP) is 1.27. The Morgan fingerprint density at radius 1 is 1.59 bits per heavy atom. The standard InChI is InChI=1S/C11H15NO3S2/c1-3-5-12(6-4-2)17(14,15)11-7-10(8-13)9-16-11/h1,7,9,13H,4-6,8H2,2H3. The maximum atomic E-state index is 12.2. The molecule has 0 amide bonds. The number of terminal acetylenes is 1. The minimum Gasteiger partial charge on any atom is -0.392 e. The topological polar surface area (TPSA) is 57.6 Å². The molecule has 1 aromatic rings. The van der Waals surface area contributed by atoms with Gasteiger partial charge in [-0.3, -0.25) is 0 Å². The lowest BCUT2D eigenvalue weighted by atomic mass is 10.4. The van der Waals surface area contributed by atoms with Crippen molar-refractivity contribution in [2.75, 3.05) is 13.1 Å². The monoisotopic (exact) mass is 273 g/mol. The lowest BCUT2D eigenvalue weighted by molar-refractivity contribution is 0.282. The predicted molar refractivity (Wildman–Crippen MR) is 68.1 cm³/mol. The number of rotatable bonds is 6. The molecule has 0 saturated heterocycles. The lowest BCUT2D eigenvalue weighted by Gasteiger charge is -2.17. The van der Waals surface area contributed by atoms with Crippen molar-refractivity contribution in [3.63, 3.8) is 0 Å². The van der Waals surface area contributed by atoms with Crippen LogP contribution in [0.2, 0.25) is 0 Å². The first-order valence-corrected chi connectivity index (χ1v) is 7.50. The molecular formula is C11H15NO3S2. The third-order valence-corrected chi connectivity index (χ3v) is 5.46. The average molecular weight is 273 g/mol. The fourth-order valence-electron chi connectivity index (χ4n) is 1.33. The summed E-state index contributed by atoms with van der Waals surface area (Å²) in [6, 6.07) is 1.49. The third kappa shape index (κ3) is 3.30. The second-order valence-electron chi connectivity index (χ2n) is 3.47. The zero-order valence-corrected chi connectivity index (χ0v) is 11.2. The number of nitrogens with zero attached hydrogens (tertiary/aromatic N) is 1. The number of aliphatic hydroxyl groups excluding tert-OH is 1. The molecule has 0 fully saturated rings. The van der Waals surface area contributed by atoms with E-state index >= 15 is 0 Å². The molecule has 0 aliphatic rings. The first-order chi connectivity index (χ1) is 8.06. The highest BCUT2D eigenvalue weighted by molar-refractivity contribution is 7.91. The van der Waals surface area contributed by atoms with Gasteiger partial charge < -0.3 is 5.11 Å². The Morgan fingerprint density at radius 3 is 2.76 bits per heavy atom. The normalized spacial score (nSPS) is 11.6. The van der Waals surface area contributed by atoms with E-state index in [0.29, 0.717) is 18.5 Å². The highest BCUT2D eigenvalue weighted by atomic mass is 32.2. The van der Waals surface area contributed by atoms with E-state index in [-0.39, 0.29) is 17.4 Å². The second-order valence-corrected chi connectivity index (χ2v) is 6.55. The summed E-state index contributed by atoms with van der Waals surface area (Å²) < 4.78 is 25.9. The van der Waals surface area contributed by atoms with Crippen molar-refractivity contribution in [3.05, 3.63) is 17.0 Å². The van der Waals surface area contributed by atoms with Crippen LogP contribution in [0.25, 0.3) is 0 Å². The van der Waals surface area contributed by atoms with Crippen LogP contribution in [0.1, 0.15) is 18.9 Å². The first-order valence-electron chi connectivity index (χ1n) is 5.18.